The van der Waals surface area contributed by atoms with Gasteiger partial charge in [0.2, 0.25) is 0 Å². The minimum atomic E-state index is -0.187. The highest BCUT2D eigenvalue weighted by molar-refractivity contribution is 5.27. The van der Waals surface area contributed by atoms with Crippen molar-refractivity contribution < 1.29 is 4.74 Å². The highest BCUT2D eigenvalue weighted by Crippen LogP contribution is 2.26. The molecule has 23 heavy (non-hydrogen) atoms. The number of rotatable bonds is 8. The lowest BCUT2D eigenvalue weighted by Crippen LogP contribution is -2.21. The van der Waals surface area contributed by atoms with Gasteiger partial charge in [-0.1, -0.05) is 67.2 Å². The zero-order valence-corrected chi connectivity index (χ0v) is 13.5. The van der Waals surface area contributed by atoms with E-state index in [9.17, 15) is 0 Å². The van der Waals surface area contributed by atoms with Crippen molar-refractivity contribution >= 4 is 0 Å². The Morgan fingerprint density at radius 2 is 1.74 bits per heavy atom. The molecule has 0 saturated carbocycles. The molecule has 2 aromatic carbocycles. The van der Waals surface area contributed by atoms with Gasteiger partial charge in [0.15, 0.2) is 0 Å². The van der Waals surface area contributed by atoms with Crippen LogP contribution < -0.4 is 11.1 Å². The number of nitrogens with two attached hydrogens (primary N) is 1. The fourth-order valence-electron chi connectivity index (χ4n) is 2.29. The lowest BCUT2D eigenvalue weighted by molar-refractivity contribution is 0.0625. The lowest BCUT2D eigenvalue weighted by atomic mass is 10.0. The average molecular weight is 308 g/mol. The summed E-state index contributed by atoms with van der Waals surface area (Å²) >= 11 is 0. The normalized spacial score (nSPS) is 12.7. The molecular weight excluding hydrogens is 284 g/mol. The summed E-state index contributed by atoms with van der Waals surface area (Å²) < 4.78 is 6.18. The molecule has 3 heteroatoms. The molecule has 0 aliphatic carbocycles. The molecule has 0 fully saturated rings. The quantitative estimate of drug-likeness (QED) is 0.777. The Labute approximate surface area is 138 Å². The van der Waals surface area contributed by atoms with Crippen LogP contribution in [0.5, 0.6) is 0 Å². The molecule has 0 spiro atoms. The third-order valence-corrected chi connectivity index (χ3v) is 3.51. The molecule has 0 amide bonds. The van der Waals surface area contributed by atoms with Gasteiger partial charge >= 0.3 is 0 Å². The number of ether oxygens (including phenoxy) is 1. The fraction of sp³-hybridized carbons (Fsp3) is 0.200. The van der Waals surface area contributed by atoms with E-state index in [-0.39, 0.29) is 6.10 Å². The van der Waals surface area contributed by atoms with Crippen LogP contribution in [0.2, 0.25) is 0 Å². The van der Waals surface area contributed by atoms with Gasteiger partial charge in [0.25, 0.3) is 0 Å². The molecule has 0 radical (unpaired) electrons. The number of hydrogen-bond donors (Lipinski definition) is 2. The van der Waals surface area contributed by atoms with E-state index < -0.39 is 0 Å². The van der Waals surface area contributed by atoms with E-state index >= 15 is 0 Å². The van der Waals surface area contributed by atoms with E-state index in [0.717, 1.165) is 22.4 Å². The third kappa shape index (κ3) is 5.31. The van der Waals surface area contributed by atoms with Crippen molar-refractivity contribution in [2.24, 2.45) is 5.73 Å². The van der Waals surface area contributed by atoms with E-state index in [2.05, 4.69) is 36.2 Å². The van der Waals surface area contributed by atoms with Crippen molar-refractivity contribution in [3.63, 3.8) is 0 Å². The van der Waals surface area contributed by atoms with Crippen LogP contribution in [-0.4, -0.2) is 6.54 Å². The van der Waals surface area contributed by atoms with Crippen molar-refractivity contribution in [1.29, 1.82) is 0 Å². The summed E-state index contributed by atoms with van der Waals surface area (Å²) in [5.41, 5.74) is 9.96. The van der Waals surface area contributed by atoms with Gasteiger partial charge in [0, 0.05) is 12.2 Å². The van der Waals surface area contributed by atoms with Crippen LogP contribution in [0, 0.1) is 0 Å². The molecule has 0 bridgehead atoms. The van der Waals surface area contributed by atoms with E-state index in [1.807, 2.05) is 43.3 Å². The van der Waals surface area contributed by atoms with Gasteiger partial charge in [-0.25, -0.2) is 0 Å². The van der Waals surface area contributed by atoms with Gasteiger partial charge in [-0.15, -0.1) is 0 Å². The molecule has 2 rings (SSSR count). The molecule has 1 unspecified atom stereocenters. The number of hydrogen-bond acceptors (Lipinski definition) is 3. The zero-order chi connectivity index (χ0) is 16.5. The maximum Gasteiger partial charge on any atom is 0.107 e. The van der Waals surface area contributed by atoms with Crippen LogP contribution in [0.4, 0.5) is 0 Å². The molecule has 0 aliphatic heterocycles. The first-order valence-electron chi connectivity index (χ1n) is 7.71. The van der Waals surface area contributed by atoms with Crippen LogP contribution in [-0.2, 0) is 11.3 Å². The summed E-state index contributed by atoms with van der Waals surface area (Å²) in [6, 6.07) is 20.3. The Bertz CT molecular complexity index is 635. The van der Waals surface area contributed by atoms with Crippen LogP contribution in [0.15, 0.2) is 84.7 Å². The summed E-state index contributed by atoms with van der Waals surface area (Å²) in [5.74, 6) is 0. The second kappa shape index (κ2) is 8.81. The van der Waals surface area contributed by atoms with Crippen LogP contribution in [0.1, 0.15) is 24.2 Å². The van der Waals surface area contributed by atoms with Gasteiger partial charge in [0.05, 0.1) is 6.61 Å². The third-order valence-electron chi connectivity index (χ3n) is 3.51. The first-order chi connectivity index (χ1) is 11.2. The highest BCUT2D eigenvalue weighted by Gasteiger charge is 2.17. The summed E-state index contributed by atoms with van der Waals surface area (Å²) in [6.45, 7) is 6.94. The van der Waals surface area contributed by atoms with E-state index in [1.54, 1.807) is 6.20 Å². The van der Waals surface area contributed by atoms with Gasteiger partial charge in [-0.3, -0.25) is 0 Å². The summed E-state index contributed by atoms with van der Waals surface area (Å²) in [5, 5.41) is 3.22. The number of nitrogens with one attached hydrogen (secondary N) is 1. The van der Waals surface area contributed by atoms with E-state index in [1.165, 1.54) is 0 Å². The van der Waals surface area contributed by atoms with Gasteiger partial charge in [-0.2, -0.15) is 0 Å². The maximum absolute atomic E-state index is 6.18. The van der Waals surface area contributed by atoms with Crippen molar-refractivity contribution in [1.82, 2.24) is 5.32 Å². The van der Waals surface area contributed by atoms with Crippen LogP contribution >= 0.6 is 0 Å². The molecule has 0 aromatic heterocycles. The summed E-state index contributed by atoms with van der Waals surface area (Å²) in [7, 11) is 0. The van der Waals surface area contributed by atoms with E-state index in [0.29, 0.717) is 13.2 Å². The maximum atomic E-state index is 6.18. The molecule has 2 aromatic rings. The highest BCUT2D eigenvalue weighted by atomic mass is 16.5. The molecular formula is C20H24N2O. The predicted molar refractivity (Wildman–Crippen MR) is 95.5 cm³/mol. The second-order valence-electron chi connectivity index (χ2n) is 5.46. The molecule has 0 saturated heterocycles. The van der Waals surface area contributed by atoms with Crippen molar-refractivity contribution in [2.45, 2.75) is 19.6 Å². The Morgan fingerprint density at radius 1 is 1.13 bits per heavy atom. The first kappa shape index (κ1) is 16.8. The van der Waals surface area contributed by atoms with Crippen molar-refractivity contribution in [3.05, 3.63) is 95.8 Å². The molecule has 3 nitrogen and oxygen atoms in total. The Balaban J connectivity index is 2.16. The largest absolute Gasteiger partial charge is 0.404 e. The van der Waals surface area contributed by atoms with E-state index in [4.69, 9.17) is 10.5 Å². The van der Waals surface area contributed by atoms with Gasteiger partial charge in [-0.05, 0) is 29.8 Å². The van der Waals surface area contributed by atoms with Crippen molar-refractivity contribution in [2.75, 3.05) is 6.54 Å². The van der Waals surface area contributed by atoms with Gasteiger partial charge in [0.1, 0.15) is 6.10 Å². The Morgan fingerprint density at radius 3 is 2.30 bits per heavy atom. The fourth-order valence-corrected chi connectivity index (χ4v) is 2.29. The number of benzene rings is 2. The summed E-state index contributed by atoms with van der Waals surface area (Å²) in [6.07, 6.45) is 1.44. The molecule has 3 N–H and O–H groups in total. The molecule has 120 valence electrons. The van der Waals surface area contributed by atoms with Crippen molar-refractivity contribution in [3.8, 4) is 0 Å². The standard InChI is InChI=1S/C20H24N2O/c1-16(2)22-14-19(13-21)20(18-11-7-4-8-12-18)23-15-17-9-5-3-6-10-17/h3-13,20,22H,1,14-15,21H2,2H3/b19-13+. The minimum Gasteiger partial charge on any atom is -0.404 e. The second-order valence-corrected chi connectivity index (χ2v) is 5.46. The average Bonchev–Trinajstić information content (AvgIpc) is 2.59. The van der Waals surface area contributed by atoms with Crippen LogP contribution in [0.25, 0.3) is 0 Å². The topological polar surface area (TPSA) is 47.3 Å². The summed E-state index contributed by atoms with van der Waals surface area (Å²) in [4.78, 5) is 0. The van der Waals surface area contributed by atoms with Crippen LogP contribution in [0.3, 0.4) is 0 Å². The lowest BCUT2D eigenvalue weighted by Gasteiger charge is -2.22. The Kier molecular flexibility index (Phi) is 6.45. The molecule has 0 heterocycles. The first-order valence-corrected chi connectivity index (χ1v) is 7.71. The minimum absolute atomic E-state index is 0.187. The smallest absolute Gasteiger partial charge is 0.107 e. The number of allylic oxidation sites excluding steroid dienone is 1. The Hall–Kier alpha value is -2.52. The molecule has 0 aliphatic rings. The SMILES string of the molecule is C=C(C)NC/C(=C\N)C(OCc1ccccc1)c1ccccc1. The zero-order valence-electron chi connectivity index (χ0n) is 13.5. The van der Waals surface area contributed by atoms with Gasteiger partial charge < -0.3 is 15.8 Å². The molecule has 1 atom stereocenters. The monoisotopic (exact) mass is 308 g/mol. The predicted octanol–water partition coefficient (Wildman–Crippen LogP) is 3.91.